The van der Waals surface area contributed by atoms with Gasteiger partial charge in [-0.05, 0) is 6.42 Å². The van der Waals surface area contributed by atoms with Gasteiger partial charge in [-0.15, -0.1) is 0 Å². The van der Waals surface area contributed by atoms with Gasteiger partial charge in [0, 0.05) is 20.5 Å². The Morgan fingerprint density at radius 3 is 2.13 bits per heavy atom. The minimum atomic E-state index is -1.24. The number of nitrogens with one attached hydrogen (secondary N) is 1. The van der Waals surface area contributed by atoms with Crippen LogP contribution in [0.1, 0.15) is 12.8 Å². The largest absolute Gasteiger partial charge is 0.481 e. The van der Waals surface area contributed by atoms with Gasteiger partial charge in [0.25, 0.3) is 0 Å². The first-order chi connectivity index (χ1) is 6.84. The van der Waals surface area contributed by atoms with Crippen molar-refractivity contribution in [1.29, 1.82) is 0 Å². The average Bonchev–Trinajstić information content (AvgIpc) is 2.10. The highest BCUT2D eigenvalue weighted by Gasteiger charge is 2.21. The number of hydrogen-bond donors (Lipinski definition) is 3. The van der Waals surface area contributed by atoms with Gasteiger partial charge in [-0.3, -0.25) is 4.79 Å². The van der Waals surface area contributed by atoms with E-state index >= 15 is 0 Å². The Bertz CT molecular complexity index is 264. The van der Waals surface area contributed by atoms with Crippen molar-refractivity contribution in [2.75, 3.05) is 14.1 Å². The highest BCUT2D eigenvalue weighted by Crippen LogP contribution is 1.98. The number of amides is 2. The van der Waals surface area contributed by atoms with Crippen LogP contribution in [0.3, 0.4) is 0 Å². The minimum absolute atomic E-state index is 0.135. The summed E-state index contributed by atoms with van der Waals surface area (Å²) in [7, 11) is 2.93. The van der Waals surface area contributed by atoms with Gasteiger partial charge >= 0.3 is 18.0 Å². The molecule has 15 heavy (non-hydrogen) atoms. The van der Waals surface area contributed by atoms with E-state index in [0.29, 0.717) is 0 Å². The molecule has 0 spiro atoms. The molecule has 0 rings (SSSR count). The van der Waals surface area contributed by atoms with Crippen LogP contribution in [-0.4, -0.2) is 53.2 Å². The molecular weight excluding hydrogens is 204 g/mol. The van der Waals surface area contributed by atoms with Crippen LogP contribution >= 0.6 is 0 Å². The van der Waals surface area contributed by atoms with E-state index in [0.717, 1.165) is 0 Å². The van der Waals surface area contributed by atoms with Crippen LogP contribution in [0.4, 0.5) is 4.79 Å². The van der Waals surface area contributed by atoms with Crippen LogP contribution < -0.4 is 5.32 Å². The Balaban J connectivity index is 4.22. The van der Waals surface area contributed by atoms with E-state index in [-0.39, 0.29) is 12.8 Å². The molecule has 3 N–H and O–H groups in total. The predicted molar refractivity (Wildman–Crippen MR) is 50.5 cm³/mol. The number of urea groups is 1. The minimum Gasteiger partial charge on any atom is -0.481 e. The van der Waals surface area contributed by atoms with E-state index in [4.69, 9.17) is 10.2 Å². The van der Waals surface area contributed by atoms with Gasteiger partial charge in [0.15, 0.2) is 0 Å². The summed E-state index contributed by atoms with van der Waals surface area (Å²) in [5.41, 5.74) is 0. The van der Waals surface area contributed by atoms with Gasteiger partial charge in [0.1, 0.15) is 6.04 Å². The Morgan fingerprint density at radius 2 is 1.80 bits per heavy atom. The van der Waals surface area contributed by atoms with Gasteiger partial charge in [-0.1, -0.05) is 0 Å². The summed E-state index contributed by atoms with van der Waals surface area (Å²) in [6.07, 6.45) is -0.436. The lowest BCUT2D eigenvalue weighted by atomic mass is 10.1. The Labute approximate surface area is 86.7 Å². The van der Waals surface area contributed by atoms with Crippen molar-refractivity contribution in [3.63, 3.8) is 0 Å². The van der Waals surface area contributed by atoms with Crippen molar-refractivity contribution in [3.05, 3.63) is 0 Å². The molecule has 0 aliphatic heterocycles. The lowest BCUT2D eigenvalue weighted by molar-refractivity contribution is -0.140. The molecular formula is C8H14N2O5. The van der Waals surface area contributed by atoms with E-state index in [9.17, 15) is 14.4 Å². The molecule has 0 aliphatic carbocycles. The fourth-order valence-electron chi connectivity index (χ4n) is 0.803. The Hall–Kier alpha value is -1.79. The molecule has 7 heteroatoms. The van der Waals surface area contributed by atoms with Crippen LogP contribution in [0, 0.1) is 0 Å². The molecule has 0 radical (unpaired) electrons. The van der Waals surface area contributed by atoms with E-state index in [2.05, 4.69) is 5.32 Å². The van der Waals surface area contributed by atoms with E-state index in [1.807, 2.05) is 0 Å². The maximum atomic E-state index is 11.1. The molecule has 0 unspecified atom stereocenters. The number of aliphatic carboxylic acids is 2. The molecule has 0 aromatic carbocycles. The van der Waals surface area contributed by atoms with Gasteiger partial charge < -0.3 is 20.4 Å². The van der Waals surface area contributed by atoms with Crippen LogP contribution in [-0.2, 0) is 9.59 Å². The zero-order valence-corrected chi connectivity index (χ0v) is 8.56. The summed E-state index contributed by atoms with van der Waals surface area (Å²) >= 11 is 0. The molecule has 0 saturated heterocycles. The van der Waals surface area contributed by atoms with Crippen LogP contribution in [0.2, 0.25) is 0 Å². The van der Waals surface area contributed by atoms with Gasteiger partial charge in [-0.2, -0.15) is 0 Å². The Kier molecular flexibility index (Phi) is 5.14. The molecule has 0 aromatic heterocycles. The zero-order chi connectivity index (χ0) is 12.0. The summed E-state index contributed by atoms with van der Waals surface area (Å²) in [6, 6.07) is -1.73. The summed E-state index contributed by atoms with van der Waals surface area (Å²) in [6.45, 7) is 0. The summed E-state index contributed by atoms with van der Waals surface area (Å²) in [4.78, 5) is 33.2. The summed E-state index contributed by atoms with van der Waals surface area (Å²) in [5.74, 6) is -2.34. The second-order valence-corrected chi connectivity index (χ2v) is 3.17. The lowest BCUT2D eigenvalue weighted by Gasteiger charge is -2.17. The number of carboxylic acid groups (broad SMARTS) is 2. The second kappa shape index (κ2) is 5.84. The molecule has 0 saturated carbocycles. The molecule has 0 fully saturated rings. The number of carbonyl (C=O) groups is 3. The third-order valence-corrected chi connectivity index (χ3v) is 1.65. The lowest BCUT2D eigenvalue weighted by Crippen LogP contribution is -2.45. The average molecular weight is 218 g/mol. The predicted octanol–water partition coefficient (Wildman–Crippen LogP) is -0.424. The smallest absolute Gasteiger partial charge is 0.326 e. The van der Waals surface area contributed by atoms with Crippen LogP contribution in [0.25, 0.3) is 0 Å². The maximum Gasteiger partial charge on any atom is 0.326 e. The van der Waals surface area contributed by atoms with Crippen molar-refractivity contribution in [1.82, 2.24) is 10.2 Å². The number of hydrogen-bond acceptors (Lipinski definition) is 3. The van der Waals surface area contributed by atoms with E-state index in [1.165, 1.54) is 19.0 Å². The fourth-order valence-corrected chi connectivity index (χ4v) is 0.803. The third-order valence-electron chi connectivity index (χ3n) is 1.65. The fraction of sp³-hybridized carbons (Fsp3) is 0.625. The number of carboxylic acids is 2. The SMILES string of the molecule is CN(C)C(=O)N[C@@H](CCC(=O)O)C(=O)O. The quantitative estimate of drug-likeness (QED) is 0.580. The monoisotopic (exact) mass is 218 g/mol. The first kappa shape index (κ1) is 13.2. The molecule has 0 bridgehead atoms. The van der Waals surface area contributed by atoms with Gasteiger partial charge in [-0.25, -0.2) is 9.59 Å². The van der Waals surface area contributed by atoms with E-state index in [1.54, 1.807) is 0 Å². The first-order valence-corrected chi connectivity index (χ1v) is 4.27. The van der Waals surface area contributed by atoms with Crippen molar-refractivity contribution >= 4 is 18.0 Å². The molecule has 0 aromatic rings. The molecule has 7 nitrogen and oxygen atoms in total. The van der Waals surface area contributed by atoms with Crippen molar-refractivity contribution in [2.24, 2.45) is 0 Å². The van der Waals surface area contributed by atoms with Gasteiger partial charge in [0.2, 0.25) is 0 Å². The highest BCUT2D eigenvalue weighted by atomic mass is 16.4. The molecule has 0 aliphatic rings. The van der Waals surface area contributed by atoms with Crippen LogP contribution in [0.15, 0.2) is 0 Å². The topological polar surface area (TPSA) is 107 Å². The van der Waals surface area contributed by atoms with Crippen molar-refractivity contribution in [2.45, 2.75) is 18.9 Å². The number of nitrogens with zero attached hydrogens (tertiary/aromatic N) is 1. The van der Waals surface area contributed by atoms with Crippen LogP contribution in [0.5, 0.6) is 0 Å². The number of rotatable bonds is 5. The molecule has 1 atom stereocenters. The maximum absolute atomic E-state index is 11.1. The normalized spacial score (nSPS) is 11.6. The molecule has 2 amide bonds. The standard InChI is InChI=1S/C8H14N2O5/c1-10(2)8(15)9-5(7(13)14)3-4-6(11)12/h5H,3-4H2,1-2H3,(H,9,15)(H,11,12)(H,13,14)/t5-/m0/s1. The van der Waals surface area contributed by atoms with E-state index < -0.39 is 24.0 Å². The van der Waals surface area contributed by atoms with Crippen molar-refractivity contribution < 1.29 is 24.6 Å². The zero-order valence-electron chi connectivity index (χ0n) is 8.56. The summed E-state index contributed by atoms with van der Waals surface area (Å²) in [5, 5.41) is 19.3. The summed E-state index contributed by atoms with van der Waals surface area (Å²) < 4.78 is 0. The number of carbonyl (C=O) groups excluding carboxylic acids is 1. The molecule has 0 heterocycles. The molecule has 86 valence electrons. The van der Waals surface area contributed by atoms with Gasteiger partial charge in [0.05, 0.1) is 0 Å². The third kappa shape index (κ3) is 5.50. The Morgan fingerprint density at radius 1 is 1.27 bits per heavy atom. The first-order valence-electron chi connectivity index (χ1n) is 4.27. The highest BCUT2D eigenvalue weighted by molar-refractivity contribution is 5.82. The van der Waals surface area contributed by atoms with Crippen molar-refractivity contribution in [3.8, 4) is 0 Å². The second-order valence-electron chi connectivity index (χ2n) is 3.17.